The van der Waals surface area contributed by atoms with Crippen molar-refractivity contribution >= 4 is 22.8 Å². The Balaban J connectivity index is 1.48. The molecular formula is C19H20N4O2. The quantitative estimate of drug-likeness (QED) is 0.646. The average molecular weight is 336 g/mol. The number of nitrogens with zero attached hydrogens (tertiary/aromatic N) is 1. The van der Waals surface area contributed by atoms with Crippen molar-refractivity contribution in [3.8, 4) is 0 Å². The number of fused-ring (bicyclic) bond motifs is 1. The van der Waals surface area contributed by atoms with Crippen LogP contribution < -0.4 is 10.6 Å². The van der Waals surface area contributed by atoms with E-state index >= 15 is 0 Å². The normalized spacial score (nSPS) is 11.9. The van der Waals surface area contributed by atoms with Gasteiger partial charge in [-0.05, 0) is 31.2 Å². The van der Waals surface area contributed by atoms with Crippen LogP contribution in [-0.2, 0) is 4.79 Å². The van der Waals surface area contributed by atoms with Crippen LogP contribution in [0, 0.1) is 0 Å². The van der Waals surface area contributed by atoms with Crippen LogP contribution in [-0.4, -0.2) is 28.3 Å². The molecule has 6 nitrogen and oxygen atoms in total. The minimum atomic E-state index is -0.232. The first-order valence-corrected chi connectivity index (χ1v) is 8.21. The lowest BCUT2D eigenvalue weighted by Crippen LogP contribution is -2.32. The number of benzene rings is 2. The van der Waals surface area contributed by atoms with Gasteiger partial charge in [0, 0.05) is 18.5 Å². The van der Waals surface area contributed by atoms with Crippen LogP contribution in [0.25, 0.3) is 11.0 Å². The molecule has 3 rings (SSSR count). The van der Waals surface area contributed by atoms with Crippen LogP contribution >= 0.6 is 0 Å². The van der Waals surface area contributed by atoms with Crippen LogP contribution in [0.1, 0.15) is 35.6 Å². The maximum absolute atomic E-state index is 12.1. The van der Waals surface area contributed by atoms with Gasteiger partial charge < -0.3 is 15.6 Å². The van der Waals surface area contributed by atoms with Gasteiger partial charge in [-0.2, -0.15) is 0 Å². The van der Waals surface area contributed by atoms with Gasteiger partial charge in [0.1, 0.15) is 5.82 Å². The second kappa shape index (κ2) is 7.61. The second-order valence-corrected chi connectivity index (χ2v) is 5.80. The van der Waals surface area contributed by atoms with Crippen molar-refractivity contribution in [1.82, 2.24) is 20.6 Å². The zero-order chi connectivity index (χ0) is 17.6. The third-order valence-electron chi connectivity index (χ3n) is 3.87. The summed E-state index contributed by atoms with van der Waals surface area (Å²) in [4.78, 5) is 31.6. The van der Waals surface area contributed by atoms with Gasteiger partial charge in [0.2, 0.25) is 5.91 Å². The van der Waals surface area contributed by atoms with Gasteiger partial charge in [-0.15, -0.1) is 0 Å². The molecule has 3 N–H and O–H groups in total. The first-order chi connectivity index (χ1) is 12.1. The Morgan fingerprint density at radius 1 is 1.08 bits per heavy atom. The summed E-state index contributed by atoms with van der Waals surface area (Å²) in [5, 5.41) is 5.63. The van der Waals surface area contributed by atoms with E-state index in [2.05, 4.69) is 20.6 Å². The molecule has 0 aliphatic rings. The smallest absolute Gasteiger partial charge is 0.251 e. The fraction of sp³-hybridized carbons (Fsp3) is 0.211. The van der Waals surface area contributed by atoms with E-state index in [-0.39, 0.29) is 30.8 Å². The molecule has 0 saturated carbocycles. The zero-order valence-corrected chi connectivity index (χ0v) is 14.0. The molecule has 0 fully saturated rings. The number of imidazole rings is 1. The van der Waals surface area contributed by atoms with E-state index in [9.17, 15) is 9.59 Å². The molecule has 0 radical (unpaired) electrons. The summed E-state index contributed by atoms with van der Waals surface area (Å²) in [7, 11) is 0. The van der Waals surface area contributed by atoms with Crippen LogP contribution in [0.5, 0.6) is 0 Å². The fourth-order valence-corrected chi connectivity index (χ4v) is 2.54. The fourth-order valence-electron chi connectivity index (χ4n) is 2.54. The highest BCUT2D eigenvalue weighted by molar-refractivity contribution is 5.94. The van der Waals surface area contributed by atoms with E-state index in [0.717, 1.165) is 11.0 Å². The molecule has 0 saturated heterocycles. The van der Waals surface area contributed by atoms with E-state index in [1.165, 1.54) is 0 Å². The molecule has 2 amide bonds. The highest BCUT2D eigenvalue weighted by Gasteiger charge is 2.13. The number of para-hydroxylation sites is 2. The van der Waals surface area contributed by atoms with E-state index < -0.39 is 0 Å². The van der Waals surface area contributed by atoms with Crippen molar-refractivity contribution in [3.05, 3.63) is 66.0 Å². The molecule has 1 heterocycles. The van der Waals surface area contributed by atoms with Gasteiger partial charge >= 0.3 is 0 Å². The van der Waals surface area contributed by atoms with Gasteiger partial charge in [-0.25, -0.2) is 4.98 Å². The summed E-state index contributed by atoms with van der Waals surface area (Å²) in [5.41, 5.74) is 2.39. The molecule has 128 valence electrons. The topological polar surface area (TPSA) is 86.9 Å². The second-order valence-electron chi connectivity index (χ2n) is 5.80. The predicted octanol–water partition coefficient (Wildman–Crippen LogP) is 2.56. The third kappa shape index (κ3) is 4.23. The van der Waals surface area contributed by atoms with E-state index in [4.69, 9.17) is 0 Å². The Hall–Kier alpha value is -3.15. The lowest BCUT2D eigenvalue weighted by molar-refractivity contribution is -0.121. The van der Waals surface area contributed by atoms with E-state index in [0.29, 0.717) is 11.4 Å². The molecule has 6 heteroatoms. The number of carbonyl (C=O) groups is 2. The molecule has 1 atom stereocenters. The number of aromatic nitrogens is 2. The number of aromatic amines is 1. The van der Waals surface area contributed by atoms with Crippen molar-refractivity contribution in [3.63, 3.8) is 0 Å². The number of rotatable bonds is 6. The summed E-state index contributed by atoms with van der Waals surface area (Å²) in [6, 6.07) is 16.4. The predicted molar refractivity (Wildman–Crippen MR) is 96.0 cm³/mol. The molecule has 0 aliphatic heterocycles. The monoisotopic (exact) mass is 336 g/mol. The highest BCUT2D eigenvalue weighted by Crippen LogP contribution is 2.15. The minimum absolute atomic E-state index is 0.138. The molecule has 0 spiro atoms. The van der Waals surface area contributed by atoms with Crippen LogP contribution in [0.2, 0.25) is 0 Å². The van der Waals surface area contributed by atoms with Crippen molar-refractivity contribution in [2.75, 3.05) is 6.54 Å². The van der Waals surface area contributed by atoms with Gasteiger partial charge in [0.15, 0.2) is 0 Å². The molecule has 2 aromatic carbocycles. The minimum Gasteiger partial charge on any atom is -0.352 e. The van der Waals surface area contributed by atoms with Crippen molar-refractivity contribution in [2.45, 2.75) is 19.4 Å². The number of hydrogen-bond acceptors (Lipinski definition) is 3. The molecule has 3 aromatic rings. The van der Waals surface area contributed by atoms with E-state index in [1.54, 1.807) is 24.3 Å². The molecule has 0 bridgehead atoms. The van der Waals surface area contributed by atoms with E-state index in [1.807, 2.05) is 37.3 Å². The van der Waals surface area contributed by atoms with Crippen LogP contribution in [0.3, 0.4) is 0 Å². The molecule has 0 aliphatic carbocycles. The Kier molecular flexibility index (Phi) is 5.09. The standard InChI is InChI=1S/C19H20N4O2/c1-13(18-22-15-9-5-6-10-16(15)23-18)21-17(24)11-12-20-19(25)14-7-3-2-4-8-14/h2-10,13H,11-12H2,1H3,(H,20,25)(H,21,24)(H,22,23)/t13-/m0/s1. The highest BCUT2D eigenvalue weighted by atomic mass is 16.2. The van der Waals surface area contributed by atoms with Gasteiger partial charge in [-0.3, -0.25) is 9.59 Å². The number of hydrogen-bond donors (Lipinski definition) is 3. The number of amides is 2. The molecule has 25 heavy (non-hydrogen) atoms. The largest absolute Gasteiger partial charge is 0.352 e. The average Bonchev–Trinajstić information content (AvgIpc) is 3.06. The zero-order valence-electron chi connectivity index (χ0n) is 14.0. The lowest BCUT2D eigenvalue weighted by atomic mass is 10.2. The summed E-state index contributed by atoms with van der Waals surface area (Å²) in [5.74, 6) is 0.392. The maximum Gasteiger partial charge on any atom is 0.251 e. The van der Waals surface area contributed by atoms with Crippen LogP contribution in [0.4, 0.5) is 0 Å². The Morgan fingerprint density at radius 3 is 2.56 bits per heavy atom. The molecule has 1 aromatic heterocycles. The van der Waals surface area contributed by atoms with Gasteiger partial charge in [0.05, 0.1) is 17.1 Å². The lowest BCUT2D eigenvalue weighted by Gasteiger charge is -2.11. The van der Waals surface area contributed by atoms with Crippen molar-refractivity contribution < 1.29 is 9.59 Å². The summed E-state index contributed by atoms with van der Waals surface area (Å²) < 4.78 is 0. The molecular weight excluding hydrogens is 316 g/mol. The maximum atomic E-state index is 12.1. The first-order valence-electron chi connectivity index (χ1n) is 8.21. The SMILES string of the molecule is C[C@H](NC(=O)CCNC(=O)c1ccccc1)c1nc2ccccc2[nH]1. The number of carbonyl (C=O) groups excluding carboxylic acids is 2. The summed E-state index contributed by atoms with van der Waals surface area (Å²) in [6.07, 6.45) is 0.211. The Morgan fingerprint density at radius 2 is 1.80 bits per heavy atom. The van der Waals surface area contributed by atoms with Gasteiger partial charge in [0.25, 0.3) is 5.91 Å². The Bertz CT molecular complexity index is 840. The van der Waals surface area contributed by atoms with Gasteiger partial charge in [-0.1, -0.05) is 30.3 Å². The number of nitrogens with one attached hydrogen (secondary N) is 3. The van der Waals surface area contributed by atoms with Crippen molar-refractivity contribution in [1.29, 1.82) is 0 Å². The van der Waals surface area contributed by atoms with Crippen molar-refractivity contribution in [2.24, 2.45) is 0 Å². The molecule has 0 unspecified atom stereocenters. The summed E-state index contributed by atoms with van der Waals surface area (Å²) >= 11 is 0. The third-order valence-corrected chi connectivity index (χ3v) is 3.87. The Labute approximate surface area is 145 Å². The number of H-pyrrole nitrogens is 1. The first kappa shape index (κ1) is 16.7. The van der Waals surface area contributed by atoms with Crippen LogP contribution in [0.15, 0.2) is 54.6 Å². The summed E-state index contributed by atoms with van der Waals surface area (Å²) in [6.45, 7) is 2.16.